The zero-order valence-corrected chi connectivity index (χ0v) is 12.0. The van der Waals surface area contributed by atoms with E-state index in [0.29, 0.717) is 0 Å². The van der Waals surface area contributed by atoms with Gasteiger partial charge in [0, 0.05) is 6.20 Å². The highest BCUT2D eigenvalue weighted by molar-refractivity contribution is 6.00. The number of carboxylic acids is 1. The molecule has 1 aromatic rings. The third kappa shape index (κ3) is 5.89. The van der Waals surface area contributed by atoms with E-state index in [0.717, 1.165) is 0 Å². The molecule has 0 spiro atoms. The van der Waals surface area contributed by atoms with E-state index in [2.05, 4.69) is 15.6 Å². The van der Waals surface area contributed by atoms with Crippen molar-refractivity contribution in [2.75, 3.05) is 11.9 Å². The van der Waals surface area contributed by atoms with E-state index in [1.165, 1.54) is 18.3 Å². The summed E-state index contributed by atoms with van der Waals surface area (Å²) in [5.74, 6) is -1.90. The van der Waals surface area contributed by atoms with Gasteiger partial charge in [-0.05, 0) is 32.9 Å². The summed E-state index contributed by atoms with van der Waals surface area (Å²) < 4.78 is 4.96. The van der Waals surface area contributed by atoms with Gasteiger partial charge < -0.3 is 20.5 Å². The van der Waals surface area contributed by atoms with Crippen LogP contribution in [0.4, 0.5) is 10.6 Å². The average Bonchev–Trinajstić information content (AvgIpc) is 2.35. The first-order chi connectivity index (χ1) is 9.69. The monoisotopic (exact) mass is 295 g/mol. The summed E-state index contributed by atoms with van der Waals surface area (Å²) in [4.78, 5) is 37.7. The Morgan fingerprint density at radius 1 is 1.33 bits per heavy atom. The van der Waals surface area contributed by atoms with Gasteiger partial charge in [-0.25, -0.2) is 14.6 Å². The largest absolute Gasteiger partial charge is 0.478 e. The number of amides is 2. The Balaban J connectivity index is 2.55. The number of anilines is 1. The number of pyridine rings is 1. The quantitative estimate of drug-likeness (QED) is 0.769. The number of aromatic nitrogens is 1. The summed E-state index contributed by atoms with van der Waals surface area (Å²) in [5, 5.41) is 13.5. The Bertz CT molecular complexity index is 551. The Labute approximate surface area is 121 Å². The van der Waals surface area contributed by atoms with E-state index in [4.69, 9.17) is 9.84 Å². The highest BCUT2D eigenvalue weighted by atomic mass is 16.6. The molecule has 0 saturated carbocycles. The second-order valence-electron chi connectivity index (χ2n) is 5.11. The van der Waals surface area contributed by atoms with Crippen LogP contribution in [0.25, 0.3) is 0 Å². The molecule has 0 fully saturated rings. The number of aromatic carboxylic acids is 1. The number of ether oxygens (including phenoxy) is 1. The van der Waals surface area contributed by atoms with Crippen LogP contribution in [0, 0.1) is 0 Å². The maximum atomic E-state index is 11.6. The predicted octanol–water partition coefficient (Wildman–Crippen LogP) is 1.24. The van der Waals surface area contributed by atoms with Crippen molar-refractivity contribution in [3.8, 4) is 0 Å². The van der Waals surface area contributed by atoms with Crippen molar-refractivity contribution in [3.63, 3.8) is 0 Å². The zero-order valence-electron chi connectivity index (χ0n) is 12.0. The number of alkyl carbamates (subject to hydrolysis) is 1. The van der Waals surface area contributed by atoms with Gasteiger partial charge in [-0.15, -0.1) is 0 Å². The number of rotatable bonds is 4. The number of carboxylic acid groups (broad SMARTS) is 1. The van der Waals surface area contributed by atoms with Crippen molar-refractivity contribution < 1.29 is 24.2 Å². The summed E-state index contributed by atoms with van der Waals surface area (Å²) in [6, 6.07) is 2.75. The molecule has 8 nitrogen and oxygen atoms in total. The van der Waals surface area contributed by atoms with Gasteiger partial charge >= 0.3 is 12.1 Å². The lowest BCUT2D eigenvalue weighted by Crippen LogP contribution is -2.37. The smallest absolute Gasteiger partial charge is 0.408 e. The lowest BCUT2D eigenvalue weighted by atomic mass is 10.2. The van der Waals surface area contributed by atoms with Crippen LogP contribution in [0.15, 0.2) is 18.3 Å². The van der Waals surface area contributed by atoms with Gasteiger partial charge in [0.2, 0.25) is 5.91 Å². The molecule has 1 rings (SSSR count). The Kier molecular flexibility index (Phi) is 5.23. The van der Waals surface area contributed by atoms with Crippen LogP contribution in [-0.4, -0.2) is 40.2 Å². The van der Waals surface area contributed by atoms with Crippen molar-refractivity contribution >= 4 is 23.8 Å². The molecular weight excluding hydrogens is 278 g/mol. The van der Waals surface area contributed by atoms with E-state index in [-0.39, 0.29) is 17.9 Å². The molecule has 0 aliphatic carbocycles. The number of nitrogens with one attached hydrogen (secondary N) is 2. The van der Waals surface area contributed by atoms with Crippen LogP contribution >= 0.6 is 0 Å². The maximum absolute atomic E-state index is 11.6. The molecule has 3 N–H and O–H groups in total. The second kappa shape index (κ2) is 6.69. The molecule has 1 aromatic heterocycles. The van der Waals surface area contributed by atoms with Crippen molar-refractivity contribution in [1.82, 2.24) is 10.3 Å². The molecule has 114 valence electrons. The first-order valence-corrected chi connectivity index (χ1v) is 6.14. The van der Waals surface area contributed by atoms with Crippen LogP contribution in [0.5, 0.6) is 0 Å². The van der Waals surface area contributed by atoms with Crippen molar-refractivity contribution in [2.24, 2.45) is 0 Å². The average molecular weight is 295 g/mol. The Morgan fingerprint density at radius 2 is 2.00 bits per heavy atom. The zero-order chi connectivity index (χ0) is 16.0. The summed E-state index contributed by atoms with van der Waals surface area (Å²) >= 11 is 0. The summed E-state index contributed by atoms with van der Waals surface area (Å²) in [6.07, 6.45) is 0.612. The molecule has 8 heteroatoms. The Morgan fingerprint density at radius 3 is 2.57 bits per heavy atom. The van der Waals surface area contributed by atoms with Gasteiger partial charge in [-0.2, -0.15) is 0 Å². The first-order valence-electron chi connectivity index (χ1n) is 6.14. The number of carbonyl (C=O) groups excluding carboxylic acids is 2. The van der Waals surface area contributed by atoms with Gasteiger partial charge in [0.1, 0.15) is 23.5 Å². The Hall–Kier alpha value is -2.64. The van der Waals surface area contributed by atoms with Crippen LogP contribution in [0.1, 0.15) is 31.1 Å². The molecule has 0 aliphatic rings. The molecule has 0 saturated heterocycles. The lowest BCUT2D eigenvalue weighted by Gasteiger charge is -2.19. The highest BCUT2D eigenvalue weighted by Gasteiger charge is 2.17. The second-order valence-corrected chi connectivity index (χ2v) is 5.11. The number of carbonyl (C=O) groups is 3. The standard InChI is InChI=1S/C13H17N3O5/c1-13(2,3)21-12(20)15-7-9(17)16-10-8(11(18)19)5-4-6-14-10/h4-6H,7H2,1-3H3,(H,15,20)(H,18,19)(H,14,16,17). The third-order valence-corrected chi connectivity index (χ3v) is 2.09. The summed E-state index contributed by atoms with van der Waals surface area (Å²) in [7, 11) is 0. The fraction of sp³-hybridized carbons (Fsp3) is 0.385. The molecule has 21 heavy (non-hydrogen) atoms. The van der Waals surface area contributed by atoms with Gasteiger partial charge in [0.15, 0.2) is 0 Å². The van der Waals surface area contributed by atoms with Gasteiger partial charge in [0.05, 0.1) is 0 Å². The SMILES string of the molecule is CC(C)(C)OC(=O)NCC(=O)Nc1ncccc1C(=O)O. The fourth-order valence-electron chi connectivity index (χ4n) is 1.32. The highest BCUT2D eigenvalue weighted by Crippen LogP contribution is 2.11. The minimum atomic E-state index is -1.21. The van der Waals surface area contributed by atoms with Crippen molar-refractivity contribution in [3.05, 3.63) is 23.9 Å². The topological polar surface area (TPSA) is 118 Å². The molecule has 0 radical (unpaired) electrons. The van der Waals surface area contributed by atoms with Crippen molar-refractivity contribution in [2.45, 2.75) is 26.4 Å². The molecule has 2 amide bonds. The molecule has 1 heterocycles. The van der Waals surface area contributed by atoms with Crippen LogP contribution in [0.2, 0.25) is 0 Å². The molecule has 0 bridgehead atoms. The first kappa shape index (κ1) is 16.4. The van der Waals surface area contributed by atoms with Gasteiger partial charge in [0.25, 0.3) is 0 Å². The number of nitrogens with zero attached hydrogens (tertiary/aromatic N) is 1. The number of hydrogen-bond donors (Lipinski definition) is 3. The van der Waals surface area contributed by atoms with Gasteiger partial charge in [-0.1, -0.05) is 0 Å². The molecular formula is C13H17N3O5. The van der Waals surface area contributed by atoms with Crippen LogP contribution in [0.3, 0.4) is 0 Å². The van der Waals surface area contributed by atoms with E-state index >= 15 is 0 Å². The maximum Gasteiger partial charge on any atom is 0.408 e. The summed E-state index contributed by atoms with van der Waals surface area (Å²) in [6.45, 7) is 4.73. The lowest BCUT2D eigenvalue weighted by molar-refractivity contribution is -0.115. The van der Waals surface area contributed by atoms with Crippen LogP contribution in [-0.2, 0) is 9.53 Å². The number of hydrogen-bond acceptors (Lipinski definition) is 5. The van der Waals surface area contributed by atoms with E-state index in [9.17, 15) is 14.4 Å². The third-order valence-electron chi connectivity index (χ3n) is 2.09. The van der Waals surface area contributed by atoms with Crippen molar-refractivity contribution in [1.29, 1.82) is 0 Å². The van der Waals surface area contributed by atoms with E-state index < -0.39 is 23.6 Å². The molecule has 0 aromatic carbocycles. The minimum Gasteiger partial charge on any atom is -0.478 e. The van der Waals surface area contributed by atoms with E-state index in [1.807, 2.05) is 0 Å². The summed E-state index contributed by atoms with van der Waals surface area (Å²) in [5.41, 5.74) is -0.805. The van der Waals surface area contributed by atoms with E-state index in [1.54, 1.807) is 20.8 Å². The molecule has 0 aliphatic heterocycles. The normalized spacial score (nSPS) is 10.6. The van der Waals surface area contributed by atoms with Crippen LogP contribution < -0.4 is 10.6 Å². The van der Waals surface area contributed by atoms with Gasteiger partial charge in [-0.3, -0.25) is 4.79 Å². The minimum absolute atomic E-state index is 0.0824. The molecule has 0 unspecified atom stereocenters. The fourth-order valence-corrected chi connectivity index (χ4v) is 1.32. The predicted molar refractivity (Wildman–Crippen MR) is 74.1 cm³/mol. The molecule has 0 atom stereocenters.